The molecule has 0 radical (unpaired) electrons. The molecule has 0 spiro atoms. The van der Waals surface area contributed by atoms with E-state index >= 15 is 0 Å². The predicted octanol–water partition coefficient (Wildman–Crippen LogP) is 6.04. The van der Waals surface area contributed by atoms with Gasteiger partial charge in [0.2, 0.25) is 5.91 Å². The van der Waals surface area contributed by atoms with Crippen LogP contribution in [0.4, 0.5) is 0 Å². The lowest BCUT2D eigenvalue weighted by Crippen LogP contribution is -2.44. The van der Waals surface area contributed by atoms with Gasteiger partial charge in [0.1, 0.15) is 0 Å². The van der Waals surface area contributed by atoms with Gasteiger partial charge in [-0.1, -0.05) is 62.5 Å². The minimum atomic E-state index is -0.448. The summed E-state index contributed by atoms with van der Waals surface area (Å²) in [5.41, 5.74) is 1.54. The van der Waals surface area contributed by atoms with Crippen LogP contribution in [-0.4, -0.2) is 28.4 Å². The molecule has 1 saturated heterocycles. The van der Waals surface area contributed by atoms with Gasteiger partial charge in [-0.2, -0.15) is 0 Å². The van der Waals surface area contributed by atoms with Crippen LogP contribution in [0.1, 0.15) is 63.8 Å². The molecule has 1 aliphatic heterocycles. The number of amides is 1. The molecular weight excluding hydrogens is 417 g/mol. The molecule has 0 aliphatic carbocycles. The SMILES string of the molecule is CC(C)(C)C(=O)NC(CC1CCCCN1Cc1ccc(Cl)cc1Cl)c1ccccn1. The summed E-state index contributed by atoms with van der Waals surface area (Å²) in [6.07, 6.45) is 6.07. The number of likely N-dealkylation sites (tertiary alicyclic amines) is 1. The maximum absolute atomic E-state index is 12.8. The number of carbonyl (C=O) groups excluding carboxylic acids is 1. The first-order valence-corrected chi connectivity index (χ1v) is 11.4. The van der Waals surface area contributed by atoms with E-state index in [1.54, 1.807) is 12.3 Å². The van der Waals surface area contributed by atoms with Crippen molar-refractivity contribution in [1.82, 2.24) is 15.2 Å². The van der Waals surface area contributed by atoms with E-state index < -0.39 is 5.41 Å². The number of nitrogens with zero attached hydrogens (tertiary/aromatic N) is 2. The molecule has 1 N–H and O–H groups in total. The van der Waals surface area contributed by atoms with E-state index in [9.17, 15) is 4.79 Å². The summed E-state index contributed by atoms with van der Waals surface area (Å²) in [6, 6.07) is 11.8. The summed E-state index contributed by atoms with van der Waals surface area (Å²) in [4.78, 5) is 19.8. The van der Waals surface area contributed by atoms with Crippen LogP contribution < -0.4 is 5.32 Å². The largest absolute Gasteiger partial charge is 0.347 e. The van der Waals surface area contributed by atoms with Crippen LogP contribution in [0.2, 0.25) is 10.0 Å². The second kappa shape index (κ2) is 10.1. The Balaban J connectivity index is 1.79. The van der Waals surface area contributed by atoms with Gasteiger partial charge in [0.25, 0.3) is 0 Å². The van der Waals surface area contributed by atoms with Crippen LogP contribution in [0.25, 0.3) is 0 Å². The maximum Gasteiger partial charge on any atom is 0.225 e. The summed E-state index contributed by atoms with van der Waals surface area (Å²) in [5.74, 6) is 0.0428. The number of rotatable bonds is 6. The molecule has 2 unspecified atom stereocenters. The zero-order valence-electron chi connectivity index (χ0n) is 18.0. The Morgan fingerprint density at radius 1 is 1.23 bits per heavy atom. The van der Waals surface area contributed by atoms with E-state index in [1.165, 1.54) is 12.8 Å². The third kappa shape index (κ3) is 6.19. The molecule has 0 bridgehead atoms. The quantitative estimate of drug-likeness (QED) is 0.586. The Bertz CT molecular complexity index is 851. The minimum absolute atomic E-state index is 0.0428. The summed E-state index contributed by atoms with van der Waals surface area (Å²) in [6.45, 7) is 7.61. The van der Waals surface area contributed by atoms with Crippen LogP contribution in [0, 0.1) is 5.41 Å². The van der Waals surface area contributed by atoms with Crippen LogP contribution >= 0.6 is 23.2 Å². The first-order valence-electron chi connectivity index (χ1n) is 10.6. The molecule has 6 heteroatoms. The number of carbonyl (C=O) groups is 1. The highest BCUT2D eigenvalue weighted by Gasteiger charge is 2.30. The number of pyridine rings is 1. The Labute approximate surface area is 190 Å². The van der Waals surface area contributed by atoms with Crippen molar-refractivity contribution in [2.75, 3.05) is 6.54 Å². The zero-order chi connectivity index (χ0) is 21.7. The molecule has 162 valence electrons. The smallest absolute Gasteiger partial charge is 0.225 e. The number of hydrogen-bond acceptors (Lipinski definition) is 3. The van der Waals surface area contributed by atoms with Crippen molar-refractivity contribution in [3.63, 3.8) is 0 Å². The van der Waals surface area contributed by atoms with E-state index in [2.05, 4.69) is 15.2 Å². The van der Waals surface area contributed by atoms with E-state index in [0.29, 0.717) is 16.1 Å². The normalized spacial score (nSPS) is 18.8. The van der Waals surface area contributed by atoms with Gasteiger partial charge in [-0.05, 0) is 55.6 Å². The molecule has 1 aromatic heterocycles. The topological polar surface area (TPSA) is 45.2 Å². The molecule has 1 amide bonds. The van der Waals surface area contributed by atoms with Gasteiger partial charge in [0.05, 0.1) is 11.7 Å². The summed E-state index contributed by atoms with van der Waals surface area (Å²) >= 11 is 12.5. The fourth-order valence-electron chi connectivity index (χ4n) is 3.89. The van der Waals surface area contributed by atoms with Crippen LogP contribution in [0.15, 0.2) is 42.6 Å². The van der Waals surface area contributed by atoms with Crippen molar-refractivity contribution >= 4 is 29.1 Å². The predicted molar refractivity (Wildman–Crippen MR) is 124 cm³/mol. The summed E-state index contributed by atoms with van der Waals surface area (Å²) in [7, 11) is 0. The summed E-state index contributed by atoms with van der Waals surface area (Å²) < 4.78 is 0. The first kappa shape index (κ1) is 23.1. The Morgan fingerprint density at radius 3 is 2.70 bits per heavy atom. The molecule has 1 aromatic carbocycles. The molecule has 2 heterocycles. The number of benzene rings is 1. The number of halogens is 2. The van der Waals surface area contributed by atoms with Crippen molar-refractivity contribution in [3.05, 3.63) is 63.9 Å². The van der Waals surface area contributed by atoms with Gasteiger partial charge < -0.3 is 5.32 Å². The van der Waals surface area contributed by atoms with Gasteiger partial charge >= 0.3 is 0 Å². The maximum atomic E-state index is 12.8. The van der Waals surface area contributed by atoms with Gasteiger partial charge in [-0.15, -0.1) is 0 Å². The highest BCUT2D eigenvalue weighted by molar-refractivity contribution is 6.35. The van der Waals surface area contributed by atoms with Crippen LogP contribution in [0.3, 0.4) is 0 Å². The highest BCUT2D eigenvalue weighted by atomic mass is 35.5. The Morgan fingerprint density at radius 2 is 2.03 bits per heavy atom. The van der Waals surface area contributed by atoms with E-state index in [-0.39, 0.29) is 11.9 Å². The molecule has 0 saturated carbocycles. The fraction of sp³-hybridized carbons (Fsp3) is 0.500. The first-order chi connectivity index (χ1) is 14.2. The second-order valence-electron chi connectivity index (χ2n) is 9.12. The van der Waals surface area contributed by atoms with Gasteiger partial charge in [0.15, 0.2) is 0 Å². The molecule has 30 heavy (non-hydrogen) atoms. The second-order valence-corrected chi connectivity index (χ2v) is 9.97. The Kier molecular flexibility index (Phi) is 7.78. The molecule has 4 nitrogen and oxygen atoms in total. The lowest BCUT2D eigenvalue weighted by Gasteiger charge is -2.38. The van der Waals surface area contributed by atoms with Gasteiger partial charge in [-0.3, -0.25) is 14.7 Å². The molecule has 2 atom stereocenters. The number of nitrogens with one attached hydrogen (secondary N) is 1. The average molecular weight is 448 g/mol. The lowest BCUT2D eigenvalue weighted by atomic mass is 9.91. The standard InChI is InChI=1S/C24H31Cl2N3O/c1-24(2,3)23(30)28-22(21-9-4-6-12-27-21)15-19-8-5-7-13-29(19)16-17-10-11-18(25)14-20(17)26/h4,6,9-12,14,19,22H,5,7-8,13,15-16H2,1-3H3,(H,28,30). The van der Waals surface area contributed by atoms with Crippen molar-refractivity contribution in [2.45, 2.75) is 65.1 Å². The Hall–Kier alpha value is -1.62. The number of aromatic nitrogens is 1. The zero-order valence-corrected chi connectivity index (χ0v) is 19.5. The average Bonchev–Trinajstić information content (AvgIpc) is 2.70. The molecule has 3 rings (SSSR count). The van der Waals surface area contributed by atoms with Gasteiger partial charge in [0, 0.05) is 34.2 Å². The molecule has 1 aliphatic rings. The lowest BCUT2D eigenvalue weighted by molar-refractivity contribution is -0.129. The van der Waals surface area contributed by atoms with E-state index in [0.717, 1.165) is 37.2 Å². The molecular formula is C24H31Cl2N3O. The van der Waals surface area contributed by atoms with Gasteiger partial charge in [-0.25, -0.2) is 0 Å². The summed E-state index contributed by atoms with van der Waals surface area (Å²) in [5, 5.41) is 4.61. The van der Waals surface area contributed by atoms with E-state index in [1.807, 2.05) is 51.1 Å². The monoisotopic (exact) mass is 447 g/mol. The molecule has 1 fully saturated rings. The van der Waals surface area contributed by atoms with Crippen molar-refractivity contribution < 1.29 is 4.79 Å². The highest BCUT2D eigenvalue weighted by Crippen LogP contribution is 2.30. The third-order valence-electron chi connectivity index (χ3n) is 5.68. The van der Waals surface area contributed by atoms with Crippen molar-refractivity contribution in [2.24, 2.45) is 5.41 Å². The number of hydrogen-bond donors (Lipinski definition) is 1. The fourth-order valence-corrected chi connectivity index (χ4v) is 4.35. The van der Waals surface area contributed by atoms with Crippen molar-refractivity contribution in [1.29, 1.82) is 0 Å². The van der Waals surface area contributed by atoms with Crippen LogP contribution in [-0.2, 0) is 11.3 Å². The van der Waals surface area contributed by atoms with Crippen molar-refractivity contribution in [3.8, 4) is 0 Å². The van der Waals surface area contributed by atoms with Crippen LogP contribution in [0.5, 0.6) is 0 Å². The number of piperidine rings is 1. The molecule has 2 aromatic rings. The van der Waals surface area contributed by atoms with E-state index in [4.69, 9.17) is 23.2 Å². The minimum Gasteiger partial charge on any atom is -0.347 e. The third-order valence-corrected chi connectivity index (χ3v) is 6.26.